The molecule has 17 heteroatoms. The molecule has 3 aromatic heterocycles. The predicted octanol–water partition coefficient (Wildman–Crippen LogP) is 8.24. The van der Waals surface area contributed by atoms with E-state index in [0.717, 1.165) is 90.8 Å². The number of piperidine rings is 3. The topological polar surface area (TPSA) is 169 Å². The summed E-state index contributed by atoms with van der Waals surface area (Å²) >= 11 is 0. The molecule has 6 fully saturated rings. The zero-order valence-electron chi connectivity index (χ0n) is 44.1. The molecule has 2 saturated carbocycles. The van der Waals surface area contributed by atoms with Crippen molar-refractivity contribution in [1.82, 2.24) is 39.5 Å². The minimum atomic E-state index is -0.758. The van der Waals surface area contributed by atoms with Crippen molar-refractivity contribution in [3.63, 3.8) is 0 Å². The predicted molar refractivity (Wildman–Crippen MR) is 288 cm³/mol. The maximum absolute atomic E-state index is 15.3. The van der Waals surface area contributed by atoms with Crippen LogP contribution in [0.3, 0.4) is 0 Å². The van der Waals surface area contributed by atoms with Crippen LogP contribution in [0.25, 0.3) is 22.3 Å². The number of imidazole rings is 1. The number of benzene rings is 2. The molecule has 5 aromatic rings. The summed E-state index contributed by atoms with van der Waals surface area (Å²) in [5.41, 5.74) is 5.34. The Hall–Kier alpha value is -6.75. The number of rotatable bonds is 11. The lowest BCUT2D eigenvalue weighted by molar-refractivity contribution is -0.140. The van der Waals surface area contributed by atoms with E-state index in [-0.39, 0.29) is 71.2 Å². The molecule has 7 aliphatic rings. The Bertz CT molecular complexity index is 3060. The van der Waals surface area contributed by atoms with E-state index in [9.17, 15) is 19.2 Å². The highest BCUT2D eigenvalue weighted by atomic mass is 19.1. The fourth-order valence-electron chi connectivity index (χ4n) is 13.8. The average molecular weight is 1030 g/mol. The van der Waals surface area contributed by atoms with Gasteiger partial charge in [-0.1, -0.05) is 36.8 Å². The molecule has 0 radical (unpaired) electrons. The van der Waals surface area contributed by atoms with Crippen LogP contribution in [0.5, 0.6) is 0 Å². The molecular formula is C59H70FN11O5. The summed E-state index contributed by atoms with van der Waals surface area (Å²) in [6, 6.07) is 19.6. The van der Waals surface area contributed by atoms with Crippen molar-refractivity contribution in [2.24, 2.45) is 11.8 Å². The van der Waals surface area contributed by atoms with Gasteiger partial charge in [0.15, 0.2) is 5.82 Å². The van der Waals surface area contributed by atoms with Gasteiger partial charge in [-0.15, -0.1) is 0 Å². The van der Waals surface area contributed by atoms with Gasteiger partial charge in [0.2, 0.25) is 29.5 Å². The van der Waals surface area contributed by atoms with E-state index < -0.39 is 5.41 Å². The molecule has 2 aromatic carbocycles. The number of amides is 5. The largest absolute Gasteiger partial charge is 0.357 e. The van der Waals surface area contributed by atoms with Crippen molar-refractivity contribution in [2.45, 2.75) is 139 Å². The van der Waals surface area contributed by atoms with Crippen LogP contribution in [-0.4, -0.2) is 128 Å². The lowest BCUT2D eigenvalue weighted by Gasteiger charge is -2.48. The molecule has 2 N–H and O–H groups in total. The monoisotopic (exact) mass is 1030 g/mol. The lowest BCUT2D eigenvalue weighted by atomic mass is 9.73. The fraction of sp³-hybridized carbons (Fsp3) is 0.525. The highest BCUT2D eigenvalue weighted by molar-refractivity contribution is 6.09. The number of hydrogen-bond acceptors (Lipinski definition) is 11. The second-order valence-corrected chi connectivity index (χ2v) is 23.1. The van der Waals surface area contributed by atoms with Crippen LogP contribution < -0.4 is 20.4 Å². The van der Waals surface area contributed by atoms with Gasteiger partial charge in [-0.25, -0.2) is 19.3 Å². The second-order valence-electron chi connectivity index (χ2n) is 23.1. The SMILES string of the molecule is CC(C)n1cnc2cc(-c3ccc4c(c3)N(C3CC(N5CCCCC5)C3)C(=O)C43CCN(C(=O)[C@@H]4CCN(C(=O)C5CCC(N(C)c6ccc(C7CCC(=O)NC7=O)cn6)CC5)C4)CC3)nc(Nc3ccccc3F)c21. The smallest absolute Gasteiger partial charge is 0.238 e. The van der Waals surface area contributed by atoms with E-state index in [1.54, 1.807) is 30.7 Å². The maximum Gasteiger partial charge on any atom is 0.238 e. The van der Waals surface area contributed by atoms with E-state index in [2.05, 4.69) is 62.4 Å². The van der Waals surface area contributed by atoms with E-state index in [0.29, 0.717) is 81.5 Å². The Balaban J connectivity index is 0.718. The van der Waals surface area contributed by atoms with Gasteiger partial charge in [0.1, 0.15) is 17.2 Å². The number of carbonyl (C=O) groups excluding carboxylic acids is 5. The second kappa shape index (κ2) is 20.3. The number of para-hydroxylation sites is 1. The Morgan fingerprint density at radius 3 is 2.30 bits per heavy atom. The molecule has 2 atom stereocenters. The number of aromatic nitrogens is 4. The van der Waals surface area contributed by atoms with Crippen LogP contribution in [0.4, 0.5) is 27.4 Å². The number of halogens is 1. The van der Waals surface area contributed by atoms with Crippen LogP contribution >= 0.6 is 0 Å². The number of nitrogens with one attached hydrogen (secondary N) is 2. The van der Waals surface area contributed by atoms with Crippen LogP contribution in [0.2, 0.25) is 0 Å². The number of nitrogens with zero attached hydrogens (tertiary/aromatic N) is 9. The summed E-state index contributed by atoms with van der Waals surface area (Å²) in [6.45, 7) is 8.33. The third-order valence-electron chi connectivity index (χ3n) is 18.4. The van der Waals surface area contributed by atoms with E-state index >= 15 is 9.18 Å². The van der Waals surface area contributed by atoms with Gasteiger partial charge in [-0.05, 0) is 145 Å². The summed E-state index contributed by atoms with van der Waals surface area (Å²) < 4.78 is 17.2. The number of likely N-dealkylation sites (tertiary alicyclic amines) is 3. The van der Waals surface area contributed by atoms with Crippen molar-refractivity contribution in [3.8, 4) is 11.3 Å². The first kappa shape index (κ1) is 50.1. The first-order valence-corrected chi connectivity index (χ1v) is 28.1. The lowest BCUT2D eigenvalue weighted by Crippen LogP contribution is -2.58. The fourth-order valence-corrected chi connectivity index (χ4v) is 13.8. The third-order valence-corrected chi connectivity index (χ3v) is 18.4. The van der Waals surface area contributed by atoms with Crippen LogP contribution in [0.1, 0.15) is 127 Å². The molecule has 398 valence electrons. The van der Waals surface area contributed by atoms with Gasteiger partial charge >= 0.3 is 0 Å². The van der Waals surface area contributed by atoms with E-state index in [1.807, 2.05) is 39.6 Å². The average Bonchev–Trinajstić information content (AvgIpc) is 4.20. The first-order valence-electron chi connectivity index (χ1n) is 28.1. The molecular weight excluding hydrogens is 962 g/mol. The molecule has 5 aliphatic heterocycles. The Morgan fingerprint density at radius 2 is 1.58 bits per heavy atom. The summed E-state index contributed by atoms with van der Waals surface area (Å²) in [7, 11) is 2.03. The Morgan fingerprint density at radius 1 is 0.816 bits per heavy atom. The van der Waals surface area contributed by atoms with Gasteiger partial charge in [-0.3, -0.25) is 29.3 Å². The molecule has 4 saturated heterocycles. The van der Waals surface area contributed by atoms with Gasteiger partial charge < -0.3 is 34.4 Å². The molecule has 5 amide bonds. The number of hydrogen-bond donors (Lipinski definition) is 2. The Kier molecular flexibility index (Phi) is 13.4. The zero-order valence-corrected chi connectivity index (χ0v) is 44.1. The summed E-state index contributed by atoms with van der Waals surface area (Å²) in [4.78, 5) is 93.2. The van der Waals surface area contributed by atoms with Gasteiger partial charge in [-0.2, -0.15) is 0 Å². The molecule has 1 unspecified atom stereocenters. The van der Waals surface area contributed by atoms with Crippen molar-refractivity contribution >= 4 is 63.6 Å². The van der Waals surface area contributed by atoms with Gasteiger partial charge in [0.05, 0.1) is 40.5 Å². The maximum atomic E-state index is 15.3. The number of carbonyl (C=O) groups is 5. The quantitative estimate of drug-likeness (QED) is 0.122. The summed E-state index contributed by atoms with van der Waals surface area (Å²) in [6.07, 6.45) is 14.9. The Labute approximate surface area is 443 Å². The van der Waals surface area contributed by atoms with Gasteiger partial charge in [0.25, 0.3) is 0 Å². The van der Waals surface area contributed by atoms with Gasteiger partial charge in [0, 0.05) is 87.2 Å². The zero-order chi connectivity index (χ0) is 52.4. The molecule has 12 rings (SSSR count). The molecule has 2 aliphatic carbocycles. The molecule has 76 heavy (non-hydrogen) atoms. The third kappa shape index (κ3) is 9.08. The number of anilines is 4. The van der Waals surface area contributed by atoms with Crippen molar-refractivity contribution in [3.05, 3.63) is 90.1 Å². The molecule has 1 spiro atoms. The number of fused-ring (bicyclic) bond motifs is 3. The molecule has 8 heterocycles. The number of pyridine rings is 2. The number of imide groups is 1. The molecule has 0 bridgehead atoms. The van der Waals surface area contributed by atoms with E-state index in [1.165, 1.54) is 25.3 Å². The minimum absolute atomic E-state index is 0.0730. The normalized spacial score (nSPS) is 25.8. The van der Waals surface area contributed by atoms with Crippen molar-refractivity contribution in [1.29, 1.82) is 0 Å². The van der Waals surface area contributed by atoms with Crippen LogP contribution in [0.15, 0.2) is 73.2 Å². The highest BCUT2D eigenvalue weighted by Crippen LogP contribution is 2.52. The molecule has 16 nitrogen and oxygen atoms in total. The standard InChI is InChI=1S/C59H70FN11O5/c1-36(2)70-35-62-49-32-48(64-54(53(49)70)63-47-10-6-5-9-46(47)60)38-13-18-45-50(29-38)71(43-30-42(31-43)67-24-7-4-8-25-67)58(76)59(45)22-27-68(28-23-59)57(75)40-21-26-69(34-40)56(74)37-11-15-41(16-12-37)66(3)51-19-14-39(33-61-51)44-17-20-52(72)65-55(44)73/h5-6,9-10,13-14,18-19,29,32-33,35-37,40-44H,4,7-8,11-12,15-17,20-28,30-31,34H2,1-3H3,(H,63,64)(H,65,72,73)/t37?,40-,41?,42?,43?,44?/m1/s1. The van der Waals surface area contributed by atoms with Crippen LogP contribution in [-0.2, 0) is 29.4 Å². The van der Waals surface area contributed by atoms with Crippen molar-refractivity contribution in [2.75, 3.05) is 61.4 Å². The summed E-state index contributed by atoms with van der Waals surface area (Å²) in [5, 5.41) is 5.71. The first-order chi connectivity index (χ1) is 36.8. The van der Waals surface area contributed by atoms with Crippen molar-refractivity contribution < 1.29 is 28.4 Å². The van der Waals surface area contributed by atoms with E-state index in [4.69, 9.17) is 9.97 Å². The minimum Gasteiger partial charge on any atom is -0.357 e. The summed E-state index contributed by atoms with van der Waals surface area (Å²) in [5.74, 6) is 0.0551. The van der Waals surface area contributed by atoms with Crippen LogP contribution in [0, 0.1) is 17.7 Å². The highest BCUT2D eigenvalue weighted by Gasteiger charge is 2.56.